The number of hydrogen-bond donors (Lipinski definition) is 4. The summed E-state index contributed by atoms with van der Waals surface area (Å²) < 4.78 is 91.6. The topological polar surface area (TPSA) is 124 Å². The molecule has 8 nitrogen and oxygen atoms in total. The molecule has 16 heteroatoms. The van der Waals surface area contributed by atoms with Gasteiger partial charge in [0.15, 0.2) is 0 Å². The number of amides is 2. The van der Waals surface area contributed by atoms with Gasteiger partial charge in [-0.05, 0) is 78.6 Å². The highest BCUT2D eigenvalue weighted by atomic mass is 35.5. The lowest BCUT2D eigenvalue weighted by Gasteiger charge is -2.16. The maximum atomic E-state index is 13.5. The highest BCUT2D eigenvalue weighted by molar-refractivity contribution is 6.34. The maximum absolute atomic E-state index is 13.5. The van der Waals surface area contributed by atoms with Gasteiger partial charge in [-0.2, -0.15) is 26.3 Å². The van der Waals surface area contributed by atoms with E-state index in [-0.39, 0.29) is 38.8 Å². The van der Waals surface area contributed by atoms with Crippen LogP contribution < -0.4 is 21.5 Å². The summed E-state index contributed by atoms with van der Waals surface area (Å²) in [6.07, 6.45) is -6.86. The summed E-state index contributed by atoms with van der Waals surface area (Å²) in [5.41, 5.74) is -2.00. The molecule has 0 bridgehead atoms. The van der Waals surface area contributed by atoms with Gasteiger partial charge in [0.05, 0.1) is 33.0 Å². The number of pyridine rings is 2. The number of para-hydroxylation sites is 1. The number of aromatic nitrogens is 2. The van der Waals surface area contributed by atoms with Crippen LogP contribution in [0.5, 0.6) is 0 Å². The second kappa shape index (κ2) is 15.2. The lowest BCUT2D eigenvalue weighted by Crippen LogP contribution is -2.23. The van der Waals surface area contributed by atoms with Crippen molar-refractivity contribution in [1.82, 2.24) is 9.97 Å². The van der Waals surface area contributed by atoms with Crippen molar-refractivity contribution in [3.05, 3.63) is 150 Å². The summed E-state index contributed by atoms with van der Waals surface area (Å²) in [6.45, 7) is 5.37. The van der Waals surface area contributed by atoms with Crippen molar-refractivity contribution in [1.29, 1.82) is 0 Å². The van der Waals surface area contributed by atoms with Gasteiger partial charge in [0, 0.05) is 28.7 Å². The van der Waals surface area contributed by atoms with Crippen molar-refractivity contribution in [2.45, 2.75) is 39.0 Å². The Morgan fingerprint density at radius 3 is 1.94 bits per heavy atom. The van der Waals surface area contributed by atoms with Crippen LogP contribution in [0.25, 0.3) is 21.8 Å². The molecule has 0 saturated heterocycles. The molecule has 2 aromatic heterocycles. The van der Waals surface area contributed by atoms with E-state index in [0.29, 0.717) is 28.0 Å². The molecule has 54 heavy (non-hydrogen) atoms. The average molecular weight is 773 g/mol. The Balaban J connectivity index is 0.000000208. The minimum absolute atomic E-state index is 0.0313. The number of fused-ring (bicyclic) bond motifs is 2. The minimum atomic E-state index is -4.64. The number of aryl methyl sites for hydroxylation is 1. The number of nitrogens with one attached hydrogen (secondary N) is 4. The first-order chi connectivity index (χ1) is 25.3. The molecule has 0 unspecified atom stereocenters. The second-order valence-electron chi connectivity index (χ2n) is 12.3. The Morgan fingerprint density at radius 1 is 0.722 bits per heavy atom. The zero-order valence-corrected chi connectivity index (χ0v) is 29.1. The van der Waals surface area contributed by atoms with Crippen molar-refractivity contribution >= 4 is 56.6 Å². The van der Waals surface area contributed by atoms with Crippen molar-refractivity contribution in [2.75, 3.05) is 10.6 Å². The SMILES string of the molecule is Cc1cccc2c(=O)c(C(=O)Nc3ccc(C(C)C)cc3C(F)(F)F)c[nH]c12.O=C(Nc1ccc(C(F)(F)F)cc1Cl)c1c[nH]c2ccc(F)cc2c1=O. The summed E-state index contributed by atoms with van der Waals surface area (Å²) in [6, 6.07) is 14.7. The smallest absolute Gasteiger partial charge is 0.360 e. The molecule has 4 aromatic carbocycles. The Hall–Kier alpha value is -5.96. The van der Waals surface area contributed by atoms with Gasteiger partial charge in [-0.3, -0.25) is 19.2 Å². The molecule has 6 rings (SSSR count). The standard InChI is InChI=1S/C21H19F3N2O2.C17H9ClF4N2O2/c1-11(2)13-7-8-17(16(9-13)21(22,23)24)26-20(28)15-10-25-18-12(3)5-4-6-14(18)19(15)27;18-12-5-8(17(20,21)22)1-3-14(12)24-16(26)11-7-23-13-4-2-9(19)6-10(13)15(11)25/h4-11H,1-3H3,(H,25,27)(H,26,28);1-7H,(H,23,25)(H,24,26). The summed E-state index contributed by atoms with van der Waals surface area (Å²) in [4.78, 5) is 55.4. The fraction of sp³-hybridized carbons (Fsp3) is 0.158. The molecule has 0 aliphatic rings. The van der Waals surface area contributed by atoms with Crippen LogP contribution in [-0.2, 0) is 12.4 Å². The Bertz CT molecular complexity index is 2540. The predicted molar refractivity (Wildman–Crippen MR) is 192 cm³/mol. The van der Waals surface area contributed by atoms with Crippen LogP contribution in [0.3, 0.4) is 0 Å². The predicted octanol–water partition coefficient (Wildman–Crippen LogP) is 9.82. The number of anilines is 2. The number of benzene rings is 4. The number of carbonyl (C=O) groups is 2. The van der Waals surface area contributed by atoms with Gasteiger partial charge in [-0.1, -0.05) is 43.6 Å². The van der Waals surface area contributed by atoms with Crippen molar-refractivity contribution in [3.63, 3.8) is 0 Å². The Kier molecular flexibility index (Phi) is 11.0. The monoisotopic (exact) mass is 772 g/mol. The second-order valence-corrected chi connectivity index (χ2v) is 12.7. The highest BCUT2D eigenvalue weighted by Gasteiger charge is 2.35. The van der Waals surface area contributed by atoms with Crippen LogP contribution in [-0.4, -0.2) is 21.8 Å². The number of H-pyrrole nitrogens is 2. The van der Waals surface area contributed by atoms with Crippen LogP contribution in [0.2, 0.25) is 5.02 Å². The van der Waals surface area contributed by atoms with Crippen LogP contribution in [0.4, 0.5) is 42.1 Å². The van der Waals surface area contributed by atoms with Gasteiger partial charge in [0.2, 0.25) is 10.9 Å². The lowest BCUT2D eigenvalue weighted by molar-refractivity contribution is -0.138. The van der Waals surface area contributed by atoms with Gasteiger partial charge in [-0.15, -0.1) is 0 Å². The van der Waals surface area contributed by atoms with Gasteiger partial charge in [-0.25, -0.2) is 4.39 Å². The molecule has 0 saturated carbocycles. The Labute approximate surface area is 306 Å². The van der Waals surface area contributed by atoms with Crippen LogP contribution in [0.1, 0.15) is 62.7 Å². The summed E-state index contributed by atoms with van der Waals surface area (Å²) in [5, 5.41) is 4.45. The highest BCUT2D eigenvalue weighted by Crippen LogP contribution is 2.37. The minimum Gasteiger partial charge on any atom is -0.360 e. The molecule has 6 aromatic rings. The summed E-state index contributed by atoms with van der Waals surface area (Å²) in [5.74, 6) is -2.53. The lowest BCUT2D eigenvalue weighted by atomic mass is 9.99. The maximum Gasteiger partial charge on any atom is 0.418 e. The number of hydrogen-bond acceptors (Lipinski definition) is 4. The molecule has 0 aliphatic heterocycles. The van der Waals surface area contributed by atoms with Gasteiger partial charge in [0.1, 0.15) is 16.9 Å². The molecule has 2 amide bonds. The first kappa shape index (κ1) is 39.3. The zero-order valence-electron chi connectivity index (χ0n) is 28.3. The molecule has 2 heterocycles. The molecule has 0 aliphatic carbocycles. The molecule has 280 valence electrons. The third-order valence-corrected chi connectivity index (χ3v) is 8.58. The van der Waals surface area contributed by atoms with Crippen LogP contribution >= 0.6 is 11.6 Å². The van der Waals surface area contributed by atoms with E-state index < -0.39 is 52.0 Å². The van der Waals surface area contributed by atoms with E-state index in [2.05, 4.69) is 20.6 Å². The fourth-order valence-electron chi connectivity index (χ4n) is 5.37. The van der Waals surface area contributed by atoms with Crippen molar-refractivity contribution < 1.29 is 40.3 Å². The largest absolute Gasteiger partial charge is 0.418 e. The van der Waals surface area contributed by atoms with Gasteiger partial charge in [0.25, 0.3) is 11.8 Å². The van der Waals surface area contributed by atoms with Gasteiger partial charge >= 0.3 is 12.4 Å². The molecule has 0 radical (unpaired) electrons. The number of aromatic amines is 2. The van der Waals surface area contributed by atoms with E-state index >= 15 is 0 Å². The molecule has 0 atom stereocenters. The number of rotatable bonds is 5. The van der Waals surface area contributed by atoms with Crippen LogP contribution in [0.15, 0.2) is 94.8 Å². The van der Waals surface area contributed by atoms with Crippen LogP contribution in [0, 0.1) is 12.7 Å². The van der Waals surface area contributed by atoms with Gasteiger partial charge < -0.3 is 20.6 Å². The van der Waals surface area contributed by atoms with E-state index in [1.807, 2.05) is 13.0 Å². The normalized spacial score (nSPS) is 11.7. The zero-order chi connectivity index (χ0) is 39.7. The first-order valence-corrected chi connectivity index (χ1v) is 16.3. The quantitative estimate of drug-likeness (QED) is 0.130. The molecule has 0 fully saturated rings. The summed E-state index contributed by atoms with van der Waals surface area (Å²) in [7, 11) is 0. The van der Waals surface area contributed by atoms with E-state index in [4.69, 9.17) is 11.6 Å². The number of halogens is 8. The van der Waals surface area contributed by atoms with E-state index in [1.54, 1.807) is 26.0 Å². The Morgan fingerprint density at radius 2 is 1.33 bits per heavy atom. The third kappa shape index (κ3) is 8.46. The van der Waals surface area contributed by atoms with E-state index in [0.717, 1.165) is 42.1 Å². The molecular weight excluding hydrogens is 745 g/mol. The average Bonchev–Trinajstić information content (AvgIpc) is 3.09. The van der Waals surface area contributed by atoms with E-state index in [9.17, 15) is 49.9 Å². The van der Waals surface area contributed by atoms with Crippen molar-refractivity contribution in [3.8, 4) is 0 Å². The molecule has 0 spiro atoms. The van der Waals surface area contributed by atoms with E-state index in [1.165, 1.54) is 24.4 Å². The molecular formula is C38H28ClF7N4O4. The first-order valence-electron chi connectivity index (χ1n) is 15.9. The fourth-order valence-corrected chi connectivity index (χ4v) is 5.60. The summed E-state index contributed by atoms with van der Waals surface area (Å²) >= 11 is 5.77. The third-order valence-electron chi connectivity index (χ3n) is 8.26. The van der Waals surface area contributed by atoms with Crippen molar-refractivity contribution in [2.24, 2.45) is 0 Å². The number of alkyl halides is 6. The molecule has 4 N–H and O–H groups in total. The number of carbonyl (C=O) groups excluding carboxylic acids is 2.